The number of anilines is 1. The molecule has 2 fully saturated rings. The summed E-state index contributed by atoms with van der Waals surface area (Å²) in [4.78, 5) is 31.0. The van der Waals surface area contributed by atoms with Gasteiger partial charge in [-0.3, -0.25) is 9.69 Å². The van der Waals surface area contributed by atoms with Gasteiger partial charge in [0.1, 0.15) is 23.5 Å². The van der Waals surface area contributed by atoms with E-state index in [1.165, 1.54) is 15.6 Å². The zero-order chi connectivity index (χ0) is 23.3. The van der Waals surface area contributed by atoms with Gasteiger partial charge >= 0.3 is 12.3 Å². The maximum Gasteiger partial charge on any atom is 0.416 e. The standard InChI is InChI=1S/C22H20F3N5O3/c1-12-9-17(29-11-16(33-21(29)32)13-5-3-2-4-6-13)27-19-15(10-26-30(12)19)20(31)28-18(14-7-8-14)22(23,24)25/h2-6,9-10,14,16,18H,7-8,11H2,1H3,(H,28,31)/t16-,18?/m1/s1. The molecule has 0 radical (unpaired) electrons. The summed E-state index contributed by atoms with van der Waals surface area (Å²) in [6.45, 7) is 1.91. The summed E-state index contributed by atoms with van der Waals surface area (Å²) >= 11 is 0. The highest BCUT2D eigenvalue weighted by Crippen LogP contribution is 2.40. The number of benzene rings is 1. The fourth-order valence-electron chi connectivity index (χ4n) is 4.00. The van der Waals surface area contributed by atoms with Crippen LogP contribution in [-0.2, 0) is 4.74 Å². The van der Waals surface area contributed by atoms with E-state index in [0.29, 0.717) is 18.5 Å². The fraction of sp³-hybridized carbons (Fsp3) is 0.364. The van der Waals surface area contributed by atoms with Crippen molar-refractivity contribution in [3.8, 4) is 0 Å². The lowest BCUT2D eigenvalue weighted by atomic mass is 10.1. The summed E-state index contributed by atoms with van der Waals surface area (Å²) in [7, 11) is 0. The average molecular weight is 459 g/mol. The number of fused-ring (bicyclic) bond motifs is 1. The van der Waals surface area contributed by atoms with Gasteiger partial charge in [-0.15, -0.1) is 0 Å². The van der Waals surface area contributed by atoms with Crippen LogP contribution in [-0.4, -0.2) is 45.4 Å². The van der Waals surface area contributed by atoms with Crippen molar-refractivity contribution in [1.29, 1.82) is 0 Å². The van der Waals surface area contributed by atoms with Crippen molar-refractivity contribution in [2.75, 3.05) is 11.4 Å². The van der Waals surface area contributed by atoms with Crippen LogP contribution in [0.1, 0.15) is 40.6 Å². The molecule has 2 aromatic heterocycles. The number of aryl methyl sites for hydroxylation is 1. The first kappa shape index (κ1) is 21.2. The molecule has 172 valence electrons. The maximum absolute atomic E-state index is 13.4. The number of rotatable bonds is 5. The molecule has 1 aliphatic carbocycles. The molecule has 3 heterocycles. The third kappa shape index (κ3) is 3.98. The average Bonchev–Trinajstić information content (AvgIpc) is 3.39. The van der Waals surface area contributed by atoms with Crippen LogP contribution < -0.4 is 10.2 Å². The topological polar surface area (TPSA) is 88.8 Å². The lowest BCUT2D eigenvalue weighted by Gasteiger charge is -2.21. The number of hydrogen-bond donors (Lipinski definition) is 1. The first-order valence-corrected chi connectivity index (χ1v) is 10.5. The van der Waals surface area contributed by atoms with Gasteiger partial charge in [0.05, 0.1) is 12.7 Å². The van der Waals surface area contributed by atoms with Gasteiger partial charge in [0.2, 0.25) is 0 Å². The van der Waals surface area contributed by atoms with Crippen molar-refractivity contribution in [1.82, 2.24) is 19.9 Å². The lowest BCUT2D eigenvalue weighted by molar-refractivity contribution is -0.158. The second-order valence-corrected chi connectivity index (χ2v) is 8.27. The van der Waals surface area contributed by atoms with Crippen molar-refractivity contribution < 1.29 is 27.5 Å². The molecule has 1 unspecified atom stereocenters. The SMILES string of the molecule is Cc1cc(N2C[C@H](c3ccccc3)OC2=O)nc2c(C(=O)NC(C3CC3)C(F)(F)F)cnn12. The Morgan fingerprint density at radius 1 is 1.24 bits per heavy atom. The van der Waals surface area contributed by atoms with Crippen LogP contribution in [0.15, 0.2) is 42.6 Å². The van der Waals surface area contributed by atoms with Crippen molar-refractivity contribution in [3.05, 3.63) is 59.4 Å². The van der Waals surface area contributed by atoms with E-state index in [1.54, 1.807) is 13.0 Å². The Balaban J connectivity index is 1.44. The van der Waals surface area contributed by atoms with Gasteiger partial charge in [-0.2, -0.15) is 18.3 Å². The normalized spacial score (nSPS) is 19.6. The molecular formula is C22H20F3N5O3. The summed E-state index contributed by atoms with van der Waals surface area (Å²) < 4.78 is 46.9. The Bertz CT molecular complexity index is 1220. The quantitative estimate of drug-likeness (QED) is 0.627. The number of nitrogens with zero attached hydrogens (tertiary/aromatic N) is 4. The molecule has 3 aromatic rings. The Kier molecular flexibility index (Phi) is 4.98. The second kappa shape index (κ2) is 7.75. The molecule has 1 aromatic carbocycles. The van der Waals surface area contributed by atoms with E-state index in [-0.39, 0.29) is 23.6 Å². The molecule has 11 heteroatoms. The smallest absolute Gasteiger partial charge is 0.416 e. The van der Waals surface area contributed by atoms with Gasteiger partial charge in [-0.25, -0.2) is 14.3 Å². The molecule has 1 saturated carbocycles. The number of nitrogens with one attached hydrogen (secondary N) is 1. The van der Waals surface area contributed by atoms with E-state index in [2.05, 4.69) is 15.4 Å². The van der Waals surface area contributed by atoms with Crippen LogP contribution in [0.25, 0.3) is 5.65 Å². The van der Waals surface area contributed by atoms with Crippen LogP contribution in [0, 0.1) is 12.8 Å². The van der Waals surface area contributed by atoms with E-state index in [0.717, 1.165) is 5.56 Å². The Morgan fingerprint density at radius 2 is 1.97 bits per heavy atom. The predicted molar refractivity (Wildman–Crippen MR) is 111 cm³/mol. The minimum absolute atomic E-state index is 0.0650. The molecule has 1 saturated heterocycles. The van der Waals surface area contributed by atoms with E-state index < -0.39 is 36.2 Å². The predicted octanol–water partition coefficient (Wildman–Crippen LogP) is 3.81. The van der Waals surface area contributed by atoms with Crippen LogP contribution in [0.2, 0.25) is 0 Å². The molecule has 0 bridgehead atoms. The first-order chi connectivity index (χ1) is 15.7. The highest BCUT2D eigenvalue weighted by Gasteiger charge is 2.50. The van der Waals surface area contributed by atoms with E-state index in [9.17, 15) is 22.8 Å². The van der Waals surface area contributed by atoms with Crippen LogP contribution in [0.3, 0.4) is 0 Å². The summed E-state index contributed by atoms with van der Waals surface area (Å²) in [5.41, 5.74) is 1.35. The fourth-order valence-corrected chi connectivity index (χ4v) is 4.00. The van der Waals surface area contributed by atoms with E-state index in [1.807, 2.05) is 30.3 Å². The maximum atomic E-state index is 13.4. The molecule has 0 spiro atoms. The van der Waals surface area contributed by atoms with Crippen LogP contribution in [0.4, 0.5) is 23.8 Å². The molecule has 8 nitrogen and oxygen atoms in total. The highest BCUT2D eigenvalue weighted by molar-refractivity contribution is 6.00. The Hall–Kier alpha value is -3.63. The molecule has 2 aliphatic rings. The van der Waals surface area contributed by atoms with Crippen LogP contribution in [0.5, 0.6) is 0 Å². The summed E-state index contributed by atoms with van der Waals surface area (Å²) in [6.07, 6.45) is -3.61. The van der Waals surface area contributed by atoms with Gasteiger partial charge in [0, 0.05) is 11.8 Å². The number of carbonyl (C=O) groups is 2. The summed E-state index contributed by atoms with van der Waals surface area (Å²) in [5.74, 6) is -1.29. The Labute approximate surface area is 186 Å². The number of aromatic nitrogens is 3. The third-order valence-electron chi connectivity index (χ3n) is 5.87. The van der Waals surface area contributed by atoms with Gasteiger partial charge in [-0.1, -0.05) is 30.3 Å². The number of carbonyl (C=O) groups excluding carboxylic acids is 2. The zero-order valence-electron chi connectivity index (χ0n) is 17.5. The largest absolute Gasteiger partial charge is 0.439 e. The van der Waals surface area contributed by atoms with Crippen molar-refractivity contribution in [3.63, 3.8) is 0 Å². The monoisotopic (exact) mass is 459 g/mol. The summed E-state index contributed by atoms with van der Waals surface area (Å²) in [5, 5.41) is 6.19. The summed E-state index contributed by atoms with van der Waals surface area (Å²) in [6, 6.07) is 8.93. The zero-order valence-corrected chi connectivity index (χ0v) is 17.5. The molecule has 1 aliphatic heterocycles. The third-order valence-corrected chi connectivity index (χ3v) is 5.87. The van der Waals surface area contributed by atoms with Crippen molar-refractivity contribution >= 4 is 23.5 Å². The minimum Gasteiger partial charge on any atom is -0.439 e. The van der Waals surface area contributed by atoms with Gasteiger partial charge < -0.3 is 10.1 Å². The van der Waals surface area contributed by atoms with Gasteiger partial charge in [0.25, 0.3) is 5.91 Å². The Morgan fingerprint density at radius 3 is 2.64 bits per heavy atom. The van der Waals surface area contributed by atoms with Crippen LogP contribution >= 0.6 is 0 Å². The van der Waals surface area contributed by atoms with E-state index >= 15 is 0 Å². The molecule has 1 N–H and O–H groups in total. The number of hydrogen-bond acceptors (Lipinski definition) is 5. The van der Waals surface area contributed by atoms with E-state index in [4.69, 9.17) is 4.74 Å². The highest BCUT2D eigenvalue weighted by atomic mass is 19.4. The minimum atomic E-state index is -4.54. The molecule has 2 amide bonds. The number of amides is 2. The van der Waals surface area contributed by atoms with Gasteiger partial charge in [0.15, 0.2) is 5.65 Å². The first-order valence-electron chi connectivity index (χ1n) is 10.5. The number of halogens is 3. The number of ether oxygens (including phenoxy) is 1. The molecule has 33 heavy (non-hydrogen) atoms. The molecule has 2 atom stereocenters. The van der Waals surface area contributed by atoms with Crippen molar-refractivity contribution in [2.24, 2.45) is 5.92 Å². The molecular weight excluding hydrogens is 439 g/mol. The second-order valence-electron chi connectivity index (χ2n) is 8.27. The lowest BCUT2D eigenvalue weighted by Crippen LogP contribution is -2.46. The number of alkyl halides is 3. The van der Waals surface area contributed by atoms with Gasteiger partial charge in [-0.05, 0) is 31.2 Å². The molecule has 5 rings (SSSR count). The number of cyclic esters (lactones) is 1. The van der Waals surface area contributed by atoms with Crippen molar-refractivity contribution in [2.45, 2.75) is 38.1 Å².